The quantitative estimate of drug-likeness (QED) is 0.350. The zero-order valence-electron chi connectivity index (χ0n) is 13.1. The van der Waals surface area contributed by atoms with Gasteiger partial charge in [-0.2, -0.15) is 0 Å². The Morgan fingerprint density at radius 3 is 1.94 bits per heavy atom. The molecule has 0 aliphatic rings. The van der Waals surface area contributed by atoms with Crippen molar-refractivity contribution >= 4 is 8.07 Å². The van der Waals surface area contributed by atoms with Crippen molar-refractivity contribution in [1.29, 1.82) is 0 Å². The smallest absolute Gasteiger partial charge is 0.0766 e. The topological polar surface area (TPSA) is 0 Å². The van der Waals surface area contributed by atoms with Gasteiger partial charge in [0.05, 0.1) is 8.07 Å². The zero-order chi connectivity index (χ0) is 13.4. The summed E-state index contributed by atoms with van der Waals surface area (Å²) in [6.07, 6.45) is 12.2. The van der Waals surface area contributed by atoms with Crippen LogP contribution in [0, 0.1) is 0 Å². The fourth-order valence-corrected chi connectivity index (χ4v) is 2.93. The third-order valence-electron chi connectivity index (χ3n) is 4.19. The molecule has 102 valence electrons. The summed E-state index contributed by atoms with van der Waals surface area (Å²) < 4.78 is 0. The van der Waals surface area contributed by atoms with Gasteiger partial charge in [0, 0.05) is 0 Å². The summed E-state index contributed by atoms with van der Waals surface area (Å²) in [6.45, 7) is 14.4. The standard InChI is InChI=1S/C16H34Si/c1-7-8-9-10-11-12-13-14-15-17(5,6)16(2,3)4/h14-15H,7-13H2,1-6H3. The average Bonchev–Trinajstić information content (AvgIpc) is 2.20. The summed E-state index contributed by atoms with van der Waals surface area (Å²) in [5, 5.41) is 0.491. The lowest BCUT2D eigenvalue weighted by Crippen LogP contribution is -2.34. The van der Waals surface area contributed by atoms with Crippen molar-refractivity contribution in [1.82, 2.24) is 0 Å². The Hall–Kier alpha value is -0.0431. The molecule has 0 spiro atoms. The Kier molecular flexibility index (Phi) is 8.11. The van der Waals surface area contributed by atoms with Crippen molar-refractivity contribution in [3.8, 4) is 0 Å². The summed E-state index contributed by atoms with van der Waals surface area (Å²) in [6, 6.07) is 0. The first-order chi connectivity index (χ1) is 7.81. The number of rotatable bonds is 8. The molecule has 0 aromatic rings. The Morgan fingerprint density at radius 2 is 1.41 bits per heavy atom. The minimum absolute atomic E-state index is 0.491. The van der Waals surface area contributed by atoms with Crippen LogP contribution in [-0.2, 0) is 0 Å². The highest BCUT2D eigenvalue weighted by atomic mass is 28.3. The summed E-state index contributed by atoms with van der Waals surface area (Å²) in [4.78, 5) is 0. The van der Waals surface area contributed by atoms with Gasteiger partial charge in [-0.3, -0.25) is 0 Å². The van der Waals surface area contributed by atoms with Gasteiger partial charge in [0.15, 0.2) is 0 Å². The Morgan fingerprint density at radius 1 is 0.882 bits per heavy atom. The third-order valence-corrected chi connectivity index (χ3v) is 9.13. The molecule has 0 aromatic carbocycles. The highest BCUT2D eigenvalue weighted by molar-refractivity contribution is 6.84. The molecule has 0 fully saturated rings. The van der Waals surface area contributed by atoms with Gasteiger partial charge in [-0.05, 0) is 17.9 Å². The largest absolute Gasteiger partial charge is 0.0981 e. The molecule has 0 rings (SSSR count). The predicted octanol–water partition coefficient (Wildman–Crippen LogP) is 6.34. The minimum Gasteiger partial charge on any atom is -0.0981 e. The molecule has 0 amide bonds. The maximum absolute atomic E-state index is 2.55. The van der Waals surface area contributed by atoms with Gasteiger partial charge in [-0.15, -0.1) is 0 Å². The Balaban J connectivity index is 3.67. The van der Waals surface area contributed by atoms with Crippen molar-refractivity contribution in [3.63, 3.8) is 0 Å². The van der Waals surface area contributed by atoms with Crippen molar-refractivity contribution < 1.29 is 0 Å². The second kappa shape index (κ2) is 8.13. The van der Waals surface area contributed by atoms with Gasteiger partial charge < -0.3 is 0 Å². The van der Waals surface area contributed by atoms with E-state index in [2.05, 4.69) is 52.6 Å². The van der Waals surface area contributed by atoms with Crippen LogP contribution in [0.25, 0.3) is 0 Å². The Bertz CT molecular complexity index is 208. The van der Waals surface area contributed by atoms with Gasteiger partial charge in [0.2, 0.25) is 0 Å². The number of hydrogen-bond donors (Lipinski definition) is 0. The average molecular weight is 255 g/mol. The third kappa shape index (κ3) is 7.80. The number of allylic oxidation sites excluding steroid dienone is 1. The molecule has 0 atom stereocenters. The van der Waals surface area contributed by atoms with Crippen molar-refractivity contribution in [2.24, 2.45) is 0 Å². The lowest BCUT2D eigenvalue weighted by molar-refractivity contribution is 0.611. The molecule has 17 heavy (non-hydrogen) atoms. The molecule has 0 radical (unpaired) electrons. The second-order valence-electron chi connectivity index (χ2n) is 6.93. The minimum atomic E-state index is -1.17. The molecule has 0 unspecified atom stereocenters. The van der Waals surface area contributed by atoms with Gasteiger partial charge in [-0.25, -0.2) is 0 Å². The molecule has 0 aliphatic heterocycles. The van der Waals surface area contributed by atoms with E-state index in [9.17, 15) is 0 Å². The highest BCUT2D eigenvalue weighted by Crippen LogP contribution is 2.36. The maximum Gasteiger partial charge on any atom is 0.0766 e. The first-order valence-electron chi connectivity index (χ1n) is 7.49. The van der Waals surface area contributed by atoms with Crippen molar-refractivity contribution in [3.05, 3.63) is 11.8 Å². The van der Waals surface area contributed by atoms with Crippen LogP contribution >= 0.6 is 0 Å². The molecular formula is C16H34Si. The van der Waals surface area contributed by atoms with E-state index in [-0.39, 0.29) is 0 Å². The molecule has 0 aromatic heterocycles. The van der Waals surface area contributed by atoms with Gasteiger partial charge in [0.1, 0.15) is 0 Å². The van der Waals surface area contributed by atoms with E-state index in [1.54, 1.807) is 0 Å². The molecule has 1 heteroatoms. The van der Waals surface area contributed by atoms with Crippen molar-refractivity contribution in [2.45, 2.75) is 90.8 Å². The number of hydrogen-bond acceptors (Lipinski definition) is 0. The van der Waals surface area contributed by atoms with Crippen LogP contribution in [0.15, 0.2) is 11.8 Å². The monoisotopic (exact) mass is 254 g/mol. The lowest BCUT2D eigenvalue weighted by atomic mass is 10.1. The summed E-state index contributed by atoms with van der Waals surface area (Å²) in [5.74, 6) is 0. The fraction of sp³-hybridized carbons (Fsp3) is 0.875. The Labute approximate surface area is 111 Å². The van der Waals surface area contributed by atoms with Crippen LogP contribution < -0.4 is 0 Å². The van der Waals surface area contributed by atoms with E-state index < -0.39 is 8.07 Å². The first-order valence-corrected chi connectivity index (χ1v) is 10.6. The van der Waals surface area contributed by atoms with E-state index in [0.29, 0.717) is 5.04 Å². The van der Waals surface area contributed by atoms with Crippen LogP contribution in [0.3, 0.4) is 0 Å². The molecule has 0 N–H and O–H groups in total. The van der Waals surface area contributed by atoms with E-state index in [4.69, 9.17) is 0 Å². The molecule has 0 heterocycles. The zero-order valence-corrected chi connectivity index (χ0v) is 14.1. The van der Waals surface area contributed by atoms with Crippen LogP contribution in [0.2, 0.25) is 18.1 Å². The van der Waals surface area contributed by atoms with Crippen LogP contribution in [0.5, 0.6) is 0 Å². The molecule has 0 aliphatic carbocycles. The lowest BCUT2D eigenvalue weighted by Gasteiger charge is -2.34. The van der Waals surface area contributed by atoms with E-state index >= 15 is 0 Å². The van der Waals surface area contributed by atoms with E-state index in [0.717, 1.165) is 0 Å². The molecular weight excluding hydrogens is 220 g/mol. The SMILES string of the molecule is CCCCCCCCC=C[Si](C)(C)C(C)(C)C. The van der Waals surface area contributed by atoms with Crippen LogP contribution in [-0.4, -0.2) is 8.07 Å². The summed E-state index contributed by atoms with van der Waals surface area (Å²) in [7, 11) is -1.17. The van der Waals surface area contributed by atoms with Crippen LogP contribution in [0.4, 0.5) is 0 Å². The first kappa shape index (κ1) is 17.0. The van der Waals surface area contributed by atoms with Gasteiger partial charge in [-0.1, -0.05) is 84.7 Å². The van der Waals surface area contributed by atoms with Crippen molar-refractivity contribution in [2.75, 3.05) is 0 Å². The fourth-order valence-electron chi connectivity index (χ4n) is 1.67. The highest BCUT2D eigenvalue weighted by Gasteiger charge is 2.31. The van der Waals surface area contributed by atoms with E-state index in [1.807, 2.05) is 0 Å². The molecule has 0 nitrogen and oxygen atoms in total. The molecule has 0 saturated carbocycles. The maximum atomic E-state index is 2.55. The molecule has 0 bridgehead atoms. The predicted molar refractivity (Wildman–Crippen MR) is 84.3 cm³/mol. The number of unbranched alkanes of at least 4 members (excludes halogenated alkanes) is 6. The normalized spacial score (nSPS) is 13.5. The van der Waals surface area contributed by atoms with Gasteiger partial charge in [0.25, 0.3) is 0 Å². The second-order valence-corrected chi connectivity index (χ2v) is 12.2. The summed E-state index contributed by atoms with van der Waals surface area (Å²) in [5.41, 5.74) is 2.55. The molecule has 0 saturated heterocycles. The van der Waals surface area contributed by atoms with Gasteiger partial charge >= 0.3 is 0 Å². The summed E-state index contributed by atoms with van der Waals surface area (Å²) >= 11 is 0. The van der Waals surface area contributed by atoms with Crippen LogP contribution in [0.1, 0.15) is 72.6 Å². The van der Waals surface area contributed by atoms with E-state index in [1.165, 1.54) is 44.9 Å².